The van der Waals surface area contributed by atoms with Crippen molar-refractivity contribution < 1.29 is 13.9 Å². The first-order valence-corrected chi connectivity index (χ1v) is 7.10. The van der Waals surface area contributed by atoms with Gasteiger partial charge < -0.3 is 5.11 Å². The lowest BCUT2D eigenvalue weighted by Gasteiger charge is -2.10. The third-order valence-corrected chi connectivity index (χ3v) is 4.50. The predicted octanol–water partition coefficient (Wildman–Crippen LogP) is 3.56. The van der Waals surface area contributed by atoms with Crippen LogP contribution in [0.2, 0.25) is 0 Å². The van der Waals surface area contributed by atoms with Crippen molar-refractivity contribution in [1.29, 1.82) is 0 Å². The Morgan fingerprint density at radius 1 is 1.44 bits per heavy atom. The molecule has 1 heterocycles. The van der Waals surface area contributed by atoms with Crippen molar-refractivity contribution in [3.8, 4) is 0 Å². The average molecular weight is 287 g/mol. The summed E-state index contributed by atoms with van der Waals surface area (Å²) in [5.74, 6) is -1.08. The van der Waals surface area contributed by atoms with E-state index in [9.17, 15) is 13.9 Å². The van der Waals surface area contributed by atoms with E-state index in [2.05, 4.69) is 4.98 Å². The summed E-state index contributed by atoms with van der Waals surface area (Å²) in [5, 5.41) is 11.8. The molecule has 0 aliphatic heterocycles. The summed E-state index contributed by atoms with van der Waals surface area (Å²) in [6, 6.07) is 3.18. The van der Waals surface area contributed by atoms with E-state index in [-0.39, 0.29) is 11.3 Å². The first-order chi connectivity index (χ1) is 8.56. The summed E-state index contributed by atoms with van der Waals surface area (Å²) >= 11 is 2.83. The van der Waals surface area contributed by atoms with Gasteiger partial charge in [-0.1, -0.05) is 17.8 Å². The van der Waals surface area contributed by atoms with Crippen LogP contribution in [0.3, 0.4) is 0 Å². The van der Waals surface area contributed by atoms with Crippen LogP contribution in [0, 0.1) is 18.6 Å². The van der Waals surface area contributed by atoms with Gasteiger partial charge >= 0.3 is 0 Å². The molecule has 0 fully saturated rings. The molecule has 0 aliphatic carbocycles. The number of benzene rings is 1. The van der Waals surface area contributed by atoms with Gasteiger partial charge in [-0.05, 0) is 13.0 Å². The van der Waals surface area contributed by atoms with Crippen LogP contribution in [-0.4, -0.2) is 15.8 Å². The number of rotatable bonds is 4. The molecule has 0 bridgehead atoms. The van der Waals surface area contributed by atoms with Gasteiger partial charge in [0.05, 0.1) is 6.10 Å². The molecule has 0 amide bonds. The Hall–Kier alpha value is -0.980. The molecule has 18 heavy (non-hydrogen) atoms. The molecule has 1 atom stereocenters. The molecule has 2 nitrogen and oxygen atoms in total. The summed E-state index contributed by atoms with van der Waals surface area (Å²) in [5.41, 5.74) is 1.03. The van der Waals surface area contributed by atoms with Crippen LogP contribution < -0.4 is 0 Å². The molecule has 0 saturated carbocycles. The lowest BCUT2D eigenvalue weighted by atomic mass is 10.1. The second-order valence-electron chi connectivity index (χ2n) is 3.75. The lowest BCUT2D eigenvalue weighted by Crippen LogP contribution is -2.03. The minimum Gasteiger partial charge on any atom is -0.387 e. The number of nitrogens with zero attached hydrogens (tertiary/aromatic N) is 1. The zero-order chi connectivity index (χ0) is 13.1. The van der Waals surface area contributed by atoms with Crippen LogP contribution in [-0.2, 0) is 0 Å². The lowest BCUT2D eigenvalue weighted by molar-refractivity contribution is 0.198. The van der Waals surface area contributed by atoms with Crippen molar-refractivity contribution >= 4 is 23.1 Å². The van der Waals surface area contributed by atoms with Gasteiger partial charge in [-0.2, -0.15) is 0 Å². The quantitative estimate of drug-likeness (QED) is 0.873. The topological polar surface area (TPSA) is 33.1 Å². The van der Waals surface area contributed by atoms with E-state index >= 15 is 0 Å². The van der Waals surface area contributed by atoms with Gasteiger partial charge in [-0.15, -0.1) is 11.3 Å². The molecule has 1 aromatic carbocycles. The number of hydrogen-bond acceptors (Lipinski definition) is 4. The second kappa shape index (κ2) is 5.77. The van der Waals surface area contributed by atoms with Gasteiger partial charge in [0.15, 0.2) is 0 Å². The SMILES string of the molecule is Cc1csc(SCC(O)c2ccc(F)cc2F)n1. The van der Waals surface area contributed by atoms with Gasteiger partial charge in [0.2, 0.25) is 0 Å². The molecule has 0 aliphatic rings. The highest BCUT2D eigenvalue weighted by Crippen LogP contribution is 2.28. The zero-order valence-electron chi connectivity index (χ0n) is 9.56. The fourth-order valence-corrected chi connectivity index (χ4v) is 3.24. The van der Waals surface area contributed by atoms with E-state index < -0.39 is 17.7 Å². The van der Waals surface area contributed by atoms with E-state index in [0.717, 1.165) is 22.2 Å². The molecular weight excluding hydrogens is 276 g/mol. The molecule has 96 valence electrons. The van der Waals surface area contributed by atoms with Gasteiger partial charge in [0.1, 0.15) is 16.0 Å². The molecule has 6 heteroatoms. The Balaban J connectivity index is 2.01. The monoisotopic (exact) mass is 287 g/mol. The first kappa shape index (κ1) is 13.5. The van der Waals surface area contributed by atoms with Crippen LogP contribution >= 0.6 is 23.1 Å². The van der Waals surface area contributed by atoms with Crippen molar-refractivity contribution in [3.63, 3.8) is 0 Å². The summed E-state index contributed by atoms with van der Waals surface area (Å²) in [7, 11) is 0. The molecule has 2 rings (SSSR count). The van der Waals surface area contributed by atoms with Crippen molar-refractivity contribution in [3.05, 3.63) is 46.5 Å². The number of aliphatic hydroxyl groups excluding tert-OH is 1. The van der Waals surface area contributed by atoms with Gasteiger partial charge in [0, 0.05) is 28.5 Å². The summed E-state index contributed by atoms with van der Waals surface area (Å²) in [6.45, 7) is 1.89. The van der Waals surface area contributed by atoms with Gasteiger partial charge in [-0.3, -0.25) is 0 Å². The van der Waals surface area contributed by atoms with Crippen molar-refractivity contribution in [2.75, 3.05) is 5.75 Å². The largest absolute Gasteiger partial charge is 0.387 e. The van der Waals surface area contributed by atoms with Crippen molar-refractivity contribution in [2.45, 2.75) is 17.4 Å². The number of halogens is 2. The summed E-state index contributed by atoms with van der Waals surface area (Å²) < 4.78 is 27.0. The van der Waals surface area contributed by atoms with E-state index in [1.165, 1.54) is 29.2 Å². The minimum atomic E-state index is -0.972. The standard InChI is InChI=1S/C12H11F2NOS2/c1-7-5-17-12(15-7)18-6-11(16)9-3-2-8(13)4-10(9)14/h2-5,11,16H,6H2,1H3. The Bertz CT molecular complexity index is 545. The summed E-state index contributed by atoms with van der Waals surface area (Å²) in [6.07, 6.45) is -0.972. The van der Waals surface area contributed by atoms with Crippen LogP contribution in [0.5, 0.6) is 0 Å². The first-order valence-electron chi connectivity index (χ1n) is 5.24. The smallest absolute Gasteiger partial charge is 0.150 e. The van der Waals surface area contributed by atoms with E-state index in [0.29, 0.717) is 0 Å². The summed E-state index contributed by atoms with van der Waals surface area (Å²) in [4.78, 5) is 4.23. The Labute approximate surface area is 112 Å². The molecule has 0 spiro atoms. The fourth-order valence-electron chi connectivity index (χ4n) is 1.41. The highest BCUT2D eigenvalue weighted by molar-refractivity contribution is 8.01. The number of aromatic nitrogens is 1. The van der Waals surface area contributed by atoms with Crippen LogP contribution in [0.25, 0.3) is 0 Å². The number of thioether (sulfide) groups is 1. The van der Waals surface area contributed by atoms with Crippen molar-refractivity contribution in [1.82, 2.24) is 4.98 Å². The van der Waals surface area contributed by atoms with Crippen LogP contribution in [0.4, 0.5) is 8.78 Å². The van der Waals surface area contributed by atoms with E-state index in [1.807, 2.05) is 12.3 Å². The van der Waals surface area contributed by atoms with Crippen molar-refractivity contribution in [2.24, 2.45) is 0 Å². The molecule has 0 saturated heterocycles. The number of aryl methyl sites for hydroxylation is 1. The minimum absolute atomic E-state index is 0.108. The Morgan fingerprint density at radius 3 is 2.83 bits per heavy atom. The fraction of sp³-hybridized carbons (Fsp3) is 0.250. The molecule has 1 N–H and O–H groups in total. The maximum absolute atomic E-state index is 13.4. The van der Waals surface area contributed by atoms with Crippen LogP contribution in [0.15, 0.2) is 27.9 Å². The van der Waals surface area contributed by atoms with Gasteiger partial charge in [0.25, 0.3) is 0 Å². The molecule has 2 aromatic rings. The zero-order valence-corrected chi connectivity index (χ0v) is 11.2. The maximum atomic E-state index is 13.4. The van der Waals surface area contributed by atoms with E-state index in [4.69, 9.17) is 0 Å². The predicted molar refractivity (Wildman–Crippen MR) is 68.9 cm³/mol. The van der Waals surface area contributed by atoms with Crippen LogP contribution in [0.1, 0.15) is 17.4 Å². The maximum Gasteiger partial charge on any atom is 0.150 e. The average Bonchev–Trinajstić information content (AvgIpc) is 2.72. The molecule has 0 radical (unpaired) electrons. The molecular formula is C12H11F2NOS2. The van der Waals surface area contributed by atoms with E-state index in [1.54, 1.807) is 0 Å². The number of thiazole rings is 1. The normalized spacial score (nSPS) is 12.7. The third kappa shape index (κ3) is 3.28. The highest BCUT2D eigenvalue weighted by Gasteiger charge is 2.14. The third-order valence-electron chi connectivity index (χ3n) is 2.28. The Morgan fingerprint density at radius 2 is 2.22 bits per heavy atom. The second-order valence-corrected chi connectivity index (χ2v) is 5.87. The molecule has 1 aromatic heterocycles. The number of hydrogen-bond donors (Lipinski definition) is 1. The van der Waals surface area contributed by atoms with Gasteiger partial charge in [-0.25, -0.2) is 13.8 Å². The Kier molecular flexibility index (Phi) is 4.31. The number of aliphatic hydroxyl groups is 1. The molecule has 1 unspecified atom stereocenters. The highest BCUT2D eigenvalue weighted by atomic mass is 32.2.